The van der Waals surface area contributed by atoms with Crippen LogP contribution in [0, 0.1) is 0 Å². The zero-order chi connectivity index (χ0) is 20.9. The zero-order valence-electron chi connectivity index (χ0n) is 16.7. The summed E-state index contributed by atoms with van der Waals surface area (Å²) in [5.41, 5.74) is 0. The number of hydrogen-bond acceptors (Lipinski definition) is 7. The molecule has 0 radical (unpaired) electrons. The molecule has 0 aromatic heterocycles. The highest BCUT2D eigenvalue weighted by Gasteiger charge is 2.08. The Balaban J connectivity index is 1.62. The van der Waals surface area contributed by atoms with Gasteiger partial charge >= 0.3 is 11.9 Å². The van der Waals surface area contributed by atoms with E-state index in [1.165, 1.54) is 11.8 Å². The molecule has 2 aromatic carbocycles. The van der Waals surface area contributed by atoms with Crippen LogP contribution in [0.4, 0.5) is 0 Å². The van der Waals surface area contributed by atoms with Crippen LogP contribution >= 0.6 is 11.8 Å². The lowest BCUT2D eigenvalue weighted by atomic mass is 10.3. The Morgan fingerprint density at radius 3 is 1.55 bits per heavy atom. The molecule has 0 aliphatic heterocycles. The summed E-state index contributed by atoms with van der Waals surface area (Å²) in [6.45, 7) is 4.89. The SMILES string of the molecule is CCOc1cccc(OC(=O)CCSCCC(=O)Oc2cccc(OCC)c2)c1. The summed E-state index contributed by atoms with van der Waals surface area (Å²) in [5.74, 6) is 2.75. The van der Waals surface area contributed by atoms with E-state index in [2.05, 4.69) is 0 Å². The number of carbonyl (C=O) groups excluding carboxylic acids is 2. The third-order valence-corrected chi connectivity index (χ3v) is 4.58. The van der Waals surface area contributed by atoms with Gasteiger partial charge < -0.3 is 18.9 Å². The lowest BCUT2D eigenvalue weighted by Crippen LogP contribution is -2.11. The van der Waals surface area contributed by atoms with Crippen molar-refractivity contribution >= 4 is 23.7 Å². The second-order valence-electron chi connectivity index (χ2n) is 5.88. The number of hydrogen-bond donors (Lipinski definition) is 0. The number of carbonyl (C=O) groups is 2. The first kappa shape index (κ1) is 22.6. The average Bonchev–Trinajstić information content (AvgIpc) is 2.69. The van der Waals surface area contributed by atoms with E-state index < -0.39 is 0 Å². The second kappa shape index (κ2) is 12.7. The largest absolute Gasteiger partial charge is 0.494 e. The molecule has 0 aliphatic rings. The molecular formula is C22H26O6S. The van der Waals surface area contributed by atoms with Gasteiger partial charge in [-0.15, -0.1) is 0 Å². The molecule has 6 nitrogen and oxygen atoms in total. The van der Waals surface area contributed by atoms with E-state index in [-0.39, 0.29) is 24.8 Å². The predicted molar refractivity (Wildman–Crippen MR) is 113 cm³/mol. The van der Waals surface area contributed by atoms with Crippen molar-refractivity contribution in [2.75, 3.05) is 24.7 Å². The van der Waals surface area contributed by atoms with Crippen molar-refractivity contribution in [3.8, 4) is 23.0 Å². The molecule has 0 heterocycles. The number of benzene rings is 2. The molecule has 2 rings (SSSR count). The summed E-state index contributed by atoms with van der Waals surface area (Å²) in [5, 5.41) is 0. The summed E-state index contributed by atoms with van der Waals surface area (Å²) in [7, 11) is 0. The maximum absolute atomic E-state index is 11.9. The standard InChI is InChI=1S/C22H26O6S/c1-3-25-17-7-5-9-19(15-17)27-21(23)11-13-29-14-12-22(24)28-20-10-6-8-18(16-20)26-4-2/h5-10,15-16H,3-4,11-14H2,1-2H3. The van der Waals surface area contributed by atoms with Gasteiger partial charge in [0.1, 0.15) is 23.0 Å². The van der Waals surface area contributed by atoms with Crippen molar-refractivity contribution in [1.82, 2.24) is 0 Å². The molecule has 2 aromatic rings. The van der Waals surface area contributed by atoms with Gasteiger partial charge in [0.2, 0.25) is 0 Å². The number of rotatable bonds is 12. The molecule has 0 spiro atoms. The molecule has 0 N–H and O–H groups in total. The summed E-state index contributed by atoms with van der Waals surface area (Å²) in [6, 6.07) is 14.0. The Morgan fingerprint density at radius 2 is 1.14 bits per heavy atom. The van der Waals surface area contributed by atoms with E-state index in [0.717, 1.165) is 0 Å². The highest BCUT2D eigenvalue weighted by Crippen LogP contribution is 2.21. The molecule has 29 heavy (non-hydrogen) atoms. The third kappa shape index (κ3) is 8.91. The van der Waals surface area contributed by atoms with E-state index >= 15 is 0 Å². The second-order valence-corrected chi connectivity index (χ2v) is 7.10. The van der Waals surface area contributed by atoms with Gasteiger partial charge in [-0.2, -0.15) is 11.8 Å². The Morgan fingerprint density at radius 1 is 0.724 bits per heavy atom. The van der Waals surface area contributed by atoms with E-state index in [0.29, 0.717) is 47.7 Å². The molecule has 0 saturated carbocycles. The topological polar surface area (TPSA) is 71.1 Å². The minimum atomic E-state index is -0.318. The molecule has 0 atom stereocenters. The molecule has 0 unspecified atom stereocenters. The van der Waals surface area contributed by atoms with Gasteiger partial charge in [-0.3, -0.25) is 9.59 Å². The van der Waals surface area contributed by atoms with Gasteiger partial charge in [-0.1, -0.05) is 12.1 Å². The molecular weight excluding hydrogens is 392 g/mol. The maximum Gasteiger partial charge on any atom is 0.312 e. The fourth-order valence-corrected chi connectivity index (χ4v) is 3.19. The van der Waals surface area contributed by atoms with Gasteiger partial charge in [0.25, 0.3) is 0 Å². The normalized spacial score (nSPS) is 10.3. The van der Waals surface area contributed by atoms with Crippen LogP contribution in [-0.4, -0.2) is 36.7 Å². The summed E-state index contributed by atoms with van der Waals surface area (Å²) in [6.07, 6.45) is 0.518. The van der Waals surface area contributed by atoms with Gasteiger partial charge in [0.15, 0.2) is 0 Å². The molecule has 156 valence electrons. The zero-order valence-corrected chi connectivity index (χ0v) is 17.5. The lowest BCUT2D eigenvalue weighted by molar-refractivity contribution is -0.134. The molecule has 0 saturated heterocycles. The minimum absolute atomic E-state index is 0.259. The van der Waals surface area contributed by atoms with Gasteiger partial charge in [-0.05, 0) is 38.1 Å². The smallest absolute Gasteiger partial charge is 0.312 e. The fourth-order valence-electron chi connectivity index (χ4n) is 2.37. The highest BCUT2D eigenvalue weighted by molar-refractivity contribution is 7.99. The van der Waals surface area contributed by atoms with Gasteiger partial charge in [0, 0.05) is 23.6 Å². The molecule has 0 bridgehead atoms. The monoisotopic (exact) mass is 418 g/mol. The molecule has 0 aliphatic carbocycles. The van der Waals surface area contributed by atoms with Crippen molar-refractivity contribution in [2.24, 2.45) is 0 Å². The van der Waals surface area contributed by atoms with Crippen LogP contribution in [0.3, 0.4) is 0 Å². The van der Waals surface area contributed by atoms with Crippen LogP contribution in [0.2, 0.25) is 0 Å². The first-order chi connectivity index (χ1) is 14.1. The Kier molecular flexibility index (Phi) is 9.92. The first-order valence-corrected chi connectivity index (χ1v) is 10.7. The van der Waals surface area contributed by atoms with Crippen LogP contribution in [-0.2, 0) is 9.59 Å². The first-order valence-electron chi connectivity index (χ1n) is 9.55. The Hall–Kier alpha value is -2.67. The number of esters is 2. The van der Waals surface area contributed by atoms with E-state index in [1.807, 2.05) is 26.0 Å². The predicted octanol–water partition coefficient (Wildman–Crippen LogP) is 4.51. The average molecular weight is 419 g/mol. The van der Waals surface area contributed by atoms with E-state index in [1.54, 1.807) is 36.4 Å². The summed E-state index contributed by atoms with van der Waals surface area (Å²) >= 11 is 1.50. The lowest BCUT2D eigenvalue weighted by Gasteiger charge is -2.08. The van der Waals surface area contributed by atoms with Crippen LogP contribution in [0.25, 0.3) is 0 Å². The van der Waals surface area contributed by atoms with Crippen LogP contribution in [0.1, 0.15) is 26.7 Å². The van der Waals surface area contributed by atoms with Crippen LogP contribution in [0.15, 0.2) is 48.5 Å². The fraction of sp³-hybridized carbons (Fsp3) is 0.364. The van der Waals surface area contributed by atoms with E-state index in [9.17, 15) is 9.59 Å². The molecule has 7 heteroatoms. The Bertz CT molecular complexity index is 727. The quantitative estimate of drug-likeness (QED) is 0.285. The number of thioether (sulfide) groups is 1. The highest BCUT2D eigenvalue weighted by atomic mass is 32.2. The van der Waals surface area contributed by atoms with Crippen molar-refractivity contribution < 1.29 is 28.5 Å². The summed E-state index contributed by atoms with van der Waals surface area (Å²) in [4.78, 5) is 23.9. The molecule has 0 amide bonds. The Labute approximate surface area is 175 Å². The van der Waals surface area contributed by atoms with Crippen molar-refractivity contribution in [3.05, 3.63) is 48.5 Å². The number of ether oxygens (including phenoxy) is 4. The van der Waals surface area contributed by atoms with E-state index in [4.69, 9.17) is 18.9 Å². The summed E-state index contributed by atoms with van der Waals surface area (Å²) < 4.78 is 21.4. The van der Waals surface area contributed by atoms with Crippen molar-refractivity contribution in [2.45, 2.75) is 26.7 Å². The third-order valence-electron chi connectivity index (χ3n) is 3.60. The molecule has 0 fully saturated rings. The minimum Gasteiger partial charge on any atom is -0.494 e. The van der Waals surface area contributed by atoms with Crippen molar-refractivity contribution in [1.29, 1.82) is 0 Å². The maximum atomic E-state index is 11.9. The van der Waals surface area contributed by atoms with Crippen molar-refractivity contribution in [3.63, 3.8) is 0 Å². The van der Waals surface area contributed by atoms with Gasteiger partial charge in [0.05, 0.1) is 26.1 Å². The van der Waals surface area contributed by atoms with Gasteiger partial charge in [-0.25, -0.2) is 0 Å². The van der Waals surface area contributed by atoms with Crippen LogP contribution < -0.4 is 18.9 Å². The van der Waals surface area contributed by atoms with Crippen LogP contribution in [0.5, 0.6) is 23.0 Å².